The maximum Gasteiger partial charge on any atom is 0.266 e. The number of ether oxygens (including phenoxy) is 1. The number of benzene rings is 2. The van der Waals surface area contributed by atoms with E-state index in [0.717, 1.165) is 22.4 Å². The summed E-state index contributed by atoms with van der Waals surface area (Å²) in [4.78, 5) is 24.3. The van der Waals surface area contributed by atoms with Gasteiger partial charge in [-0.1, -0.05) is 29.8 Å². The highest BCUT2D eigenvalue weighted by molar-refractivity contribution is 5.78. The van der Waals surface area contributed by atoms with Gasteiger partial charge in [0.05, 0.1) is 25.3 Å². The van der Waals surface area contributed by atoms with Crippen molar-refractivity contribution in [3.8, 4) is 17.0 Å². The molecule has 0 radical (unpaired) electrons. The molecule has 6 heteroatoms. The third-order valence-corrected chi connectivity index (χ3v) is 4.42. The fourth-order valence-electron chi connectivity index (χ4n) is 3.02. The molecule has 150 valence electrons. The average molecular weight is 391 g/mol. The summed E-state index contributed by atoms with van der Waals surface area (Å²) in [6.45, 7) is 5.19. The van der Waals surface area contributed by atoms with Crippen molar-refractivity contribution < 1.29 is 9.53 Å². The Morgan fingerprint density at radius 1 is 1.10 bits per heavy atom. The first-order valence-electron chi connectivity index (χ1n) is 9.69. The molecule has 1 heterocycles. The summed E-state index contributed by atoms with van der Waals surface area (Å²) in [6, 6.07) is 18.6. The van der Waals surface area contributed by atoms with E-state index in [1.165, 1.54) is 10.7 Å². The Bertz CT molecular complexity index is 1030. The quantitative estimate of drug-likeness (QED) is 0.641. The van der Waals surface area contributed by atoms with E-state index in [1.54, 1.807) is 6.07 Å². The molecule has 29 heavy (non-hydrogen) atoms. The van der Waals surface area contributed by atoms with Crippen molar-refractivity contribution in [2.75, 3.05) is 13.2 Å². The van der Waals surface area contributed by atoms with E-state index in [1.807, 2.05) is 62.4 Å². The summed E-state index contributed by atoms with van der Waals surface area (Å²) in [5.74, 6) is 0.715. The van der Waals surface area contributed by atoms with Crippen LogP contribution in [0.4, 0.5) is 0 Å². The summed E-state index contributed by atoms with van der Waals surface area (Å²) < 4.78 is 6.82. The standard InChI is InChI=1S/C23H25N3O3/c1-3-29-20-9-7-19(8-10-20)21-11-12-23(28)26(25-21)14-13-24-22(27)16-18-6-4-5-17(2)15-18/h4-12,15H,3,13-14,16H2,1-2H3,(H,24,27). The van der Waals surface area contributed by atoms with Crippen LogP contribution >= 0.6 is 0 Å². The number of carbonyl (C=O) groups is 1. The highest BCUT2D eigenvalue weighted by Gasteiger charge is 2.06. The molecule has 0 aliphatic rings. The van der Waals surface area contributed by atoms with Gasteiger partial charge < -0.3 is 10.1 Å². The molecular weight excluding hydrogens is 366 g/mol. The number of hydrogen-bond acceptors (Lipinski definition) is 4. The minimum absolute atomic E-state index is 0.0775. The Labute approximate surface area is 170 Å². The van der Waals surface area contributed by atoms with Crippen molar-refractivity contribution in [3.05, 3.63) is 82.1 Å². The SMILES string of the molecule is CCOc1ccc(-c2ccc(=O)n(CCNC(=O)Cc3cccc(C)c3)n2)cc1. The van der Waals surface area contributed by atoms with Crippen LogP contribution < -0.4 is 15.6 Å². The first-order chi connectivity index (χ1) is 14.0. The molecule has 0 bridgehead atoms. The van der Waals surface area contributed by atoms with Gasteiger partial charge in [-0.15, -0.1) is 0 Å². The molecular formula is C23H25N3O3. The zero-order valence-electron chi connectivity index (χ0n) is 16.7. The van der Waals surface area contributed by atoms with Gasteiger partial charge in [-0.3, -0.25) is 9.59 Å². The number of carbonyl (C=O) groups excluding carboxylic acids is 1. The molecule has 0 unspecified atom stereocenters. The third-order valence-electron chi connectivity index (χ3n) is 4.42. The lowest BCUT2D eigenvalue weighted by Gasteiger charge is -2.09. The molecule has 0 atom stereocenters. The molecule has 0 aliphatic heterocycles. The largest absolute Gasteiger partial charge is 0.494 e. The van der Waals surface area contributed by atoms with Crippen molar-refractivity contribution in [1.82, 2.24) is 15.1 Å². The maximum atomic E-state index is 12.1. The van der Waals surface area contributed by atoms with Crippen LogP contribution in [0.3, 0.4) is 0 Å². The van der Waals surface area contributed by atoms with Gasteiger partial charge in [0.2, 0.25) is 5.91 Å². The first kappa shape index (κ1) is 20.3. The van der Waals surface area contributed by atoms with Crippen LogP contribution in [-0.2, 0) is 17.8 Å². The van der Waals surface area contributed by atoms with Gasteiger partial charge in [-0.25, -0.2) is 4.68 Å². The lowest BCUT2D eigenvalue weighted by Crippen LogP contribution is -2.32. The van der Waals surface area contributed by atoms with E-state index in [0.29, 0.717) is 31.8 Å². The van der Waals surface area contributed by atoms with Crippen molar-refractivity contribution >= 4 is 5.91 Å². The normalized spacial score (nSPS) is 10.6. The number of nitrogens with one attached hydrogen (secondary N) is 1. The Morgan fingerprint density at radius 2 is 1.90 bits per heavy atom. The fourth-order valence-corrected chi connectivity index (χ4v) is 3.02. The molecule has 2 aromatic carbocycles. The summed E-state index contributed by atoms with van der Waals surface area (Å²) in [7, 11) is 0. The lowest BCUT2D eigenvalue weighted by atomic mass is 10.1. The molecule has 3 rings (SSSR count). The Hall–Kier alpha value is -3.41. The van der Waals surface area contributed by atoms with E-state index < -0.39 is 0 Å². The smallest absolute Gasteiger partial charge is 0.266 e. The van der Waals surface area contributed by atoms with Crippen molar-refractivity contribution in [1.29, 1.82) is 0 Å². The van der Waals surface area contributed by atoms with Gasteiger partial charge in [-0.05, 0) is 49.7 Å². The van der Waals surface area contributed by atoms with Crippen LogP contribution in [0.15, 0.2) is 65.5 Å². The van der Waals surface area contributed by atoms with Crippen molar-refractivity contribution in [2.45, 2.75) is 26.8 Å². The fraction of sp³-hybridized carbons (Fsp3) is 0.261. The van der Waals surface area contributed by atoms with Crippen LogP contribution in [0.5, 0.6) is 5.75 Å². The number of hydrogen-bond donors (Lipinski definition) is 1. The molecule has 0 aliphatic carbocycles. The van der Waals surface area contributed by atoms with E-state index in [4.69, 9.17) is 4.74 Å². The van der Waals surface area contributed by atoms with Gasteiger partial charge in [0.1, 0.15) is 5.75 Å². The number of rotatable bonds is 8. The van der Waals surface area contributed by atoms with Gasteiger partial charge >= 0.3 is 0 Å². The van der Waals surface area contributed by atoms with Crippen LogP contribution in [0.25, 0.3) is 11.3 Å². The predicted molar refractivity (Wildman–Crippen MR) is 113 cm³/mol. The molecule has 0 fully saturated rings. The number of aromatic nitrogens is 2. The first-order valence-corrected chi connectivity index (χ1v) is 9.69. The third kappa shape index (κ3) is 5.78. The van der Waals surface area contributed by atoms with E-state index in [2.05, 4.69) is 10.4 Å². The summed E-state index contributed by atoms with van der Waals surface area (Å²) in [5, 5.41) is 7.27. The minimum Gasteiger partial charge on any atom is -0.494 e. The van der Waals surface area contributed by atoms with Crippen molar-refractivity contribution in [2.24, 2.45) is 0 Å². The Kier molecular flexibility index (Phi) is 6.79. The topological polar surface area (TPSA) is 73.2 Å². The molecule has 3 aromatic rings. The van der Waals surface area contributed by atoms with Crippen LogP contribution in [0.2, 0.25) is 0 Å². The molecule has 0 saturated heterocycles. The molecule has 0 saturated carbocycles. The second kappa shape index (κ2) is 9.68. The van der Waals surface area contributed by atoms with Gasteiger partial charge in [0.15, 0.2) is 0 Å². The van der Waals surface area contributed by atoms with Gasteiger partial charge in [-0.2, -0.15) is 5.10 Å². The average Bonchev–Trinajstić information content (AvgIpc) is 2.70. The monoisotopic (exact) mass is 391 g/mol. The summed E-state index contributed by atoms with van der Waals surface area (Å²) in [5.41, 5.74) is 3.48. The highest BCUT2D eigenvalue weighted by atomic mass is 16.5. The predicted octanol–water partition coefficient (Wildman–Crippen LogP) is 2.98. The van der Waals surface area contributed by atoms with E-state index in [-0.39, 0.29) is 11.5 Å². The summed E-state index contributed by atoms with van der Waals surface area (Å²) >= 11 is 0. The van der Waals surface area contributed by atoms with Gasteiger partial charge in [0.25, 0.3) is 5.56 Å². The lowest BCUT2D eigenvalue weighted by molar-refractivity contribution is -0.120. The maximum absolute atomic E-state index is 12.1. The van der Waals surface area contributed by atoms with Crippen LogP contribution in [0.1, 0.15) is 18.1 Å². The molecule has 0 spiro atoms. The number of amides is 1. The Morgan fingerprint density at radius 3 is 2.62 bits per heavy atom. The minimum atomic E-state index is -0.201. The highest BCUT2D eigenvalue weighted by Crippen LogP contribution is 2.19. The van der Waals surface area contributed by atoms with Crippen LogP contribution in [0, 0.1) is 6.92 Å². The zero-order chi connectivity index (χ0) is 20.6. The number of aryl methyl sites for hydroxylation is 1. The summed E-state index contributed by atoms with van der Waals surface area (Å²) in [6.07, 6.45) is 0.316. The van der Waals surface area contributed by atoms with E-state index in [9.17, 15) is 9.59 Å². The molecule has 1 amide bonds. The molecule has 1 N–H and O–H groups in total. The second-order valence-corrected chi connectivity index (χ2v) is 6.75. The van der Waals surface area contributed by atoms with Crippen molar-refractivity contribution in [3.63, 3.8) is 0 Å². The number of nitrogens with zero attached hydrogens (tertiary/aromatic N) is 2. The van der Waals surface area contributed by atoms with E-state index >= 15 is 0 Å². The molecule has 6 nitrogen and oxygen atoms in total. The zero-order valence-corrected chi connectivity index (χ0v) is 16.7. The Balaban J connectivity index is 1.60. The second-order valence-electron chi connectivity index (χ2n) is 6.75. The van der Waals surface area contributed by atoms with Gasteiger partial charge in [0, 0.05) is 18.2 Å². The van der Waals surface area contributed by atoms with Crippen LogP contribution in [-0.4, -0.2) is 28.8 Å². The molecule has 1 aromatic heterocycles.